The molecule has 0 saturated carbocycles. The van der Waals surface area contributed by atoms with Gasteiger partial charge in [0.15, 0.2) is 5.79 Å². The van der Waals surface area contributed by atoms with Crippen LogP contribution in [0.5, 0.6) is 0 Å². The minimum absolute atomic E-state index is 0.210. The van der Waals surface area contributed by atoms with E-state index in [0.717, 1.165) is 19.6 Å². The zero-order chi connectivity index (χ0) is 8.60. The molecule has 1 spiro atoms. The van der Waals surface area contributed by atoms with Crippen LogP contribution in [0.3, 0.4) is 0 Å². The van der Waals surface area contributed by atoms with Crippen molar-refractivity contribution in [2.45, 2.75) is 38.9 Å². The van der Waals surface area contributed by atoms with E-state index in [0.29, 0.717) is 11.8 Å². The van der Waals surface area contributed by atoms with Crippen LogP contribution < -0.4 is 0 Å². The van der Waals surface area contributed by atoms with Crippen LogP contribution in [-0.2, 0) is 9.47 Å². The summed E-state index contributed by atoms with van der Waals surface area (Å²) in [6, 6.07) is 0. The Morgan fingerprint density at radius 2 is 1.67 bits per heavy atom. The molecular formula is C10H18O2. The second kappa shape index (κ2) is 3.00. The van der Waals surface area contributed by atoms with Gasteiger partial charge in [-0.3, -0.25) is 0 Å². The monoisotopic (exact) mass is 170 g/mol. The lowest BCUT2D eigenvalue weighted by Gasteiger charge is -2.41. The van der Waals surface area contributed by atoms with E-state index in [2.05, 4.69) is 13.8 Å². The van der Waals surface area contributed by atoms with Gasteiger partial charge in [0.1, 0.15) is 0 Å². The number of rotatable bonds is 0. The van der Waals surface area contributed by atoms with Gasteiger partial charge in [-0.25, -0.2) is 0 Å². The summed E-state index contributed by atoms with van der Waals surface area (Å²) in [7, 11) is 0. The Balaban J connectivity index is 2.15. The number of ether oxygens (including phenoxy) is 2. The highest BCUT2D eigenvalue weighted by Crippen LogP contribution is 2.43. The average molecular weight is 170 g/mol. The summed E-state index contributed by atoms with van der Waals surface area (Å²) in [5.74, 6) is 0.940. The van der Waals surface area contributed by atoms with Crippen molar-refractivity contribution in [1.82, 2.24) is 0 Å². The van der Waals surface area contributed by atoms with Crippen LogP contribution in [0.2, 0.25) is 0 Å². The molecular weight excluding hydrogens is 152 g/mol. The molecule has 0 radical (unpaired) electrons. The highest BCUT2D eigenvalue weighted by atomic mass is 16.7. The molecule has 12 heavy (non-hydrogen) atoms. The third kappa shape index (κ3) is 1.09. The number of hydrogen-bond acceptors (Lipinski definition) is 2. The Labute approximate surface area is 74.2 Å². The quantitative estimate of drug-likeness (QED) is 0.555. The molecule has 2 saturated heterocycles. The molecule has 2 rings (SSSR count). The van der Waals surface area contributed by atoms with E-state index in [-0.39, 0.29) is 5.79 Å². The van der Waals surface area contributed by atoms with Crippen LogP contribution in [0.4, 0.5) is 0 Å². The molecule has 0 aromatic heterocycles. The summed E-state index contributed by atoms with van der Waals surface area (Å²) in [4.78, 5) is 0. The smallest absolute Gasteiger partial charge is 0.173 e. The summed E-state index contributed by atoms with van der Waals surface area (Å²) in [6.45, 7) is 6.26. The number of hydrogen-bond donors (Lipinski definition) is 0. The minimum Gasteiger partial charge on any atom is -0.349 e. The van der Waals surface area contributed by atoms with E-state index in [4.69, 9.17) is 9.47 Å². The van der Waals surface area contributed by atoms with E-state index in [1.54, 1.807) is 0 Å². The van der Waals surface area contributed by atoms with Crippen molar-refractivity contribution >= 4 is 0 Å². The summed E-state index contributed by atoms with van der Waals surface area (Å²) in [5, 5.41) is 0. The molecule has 0 amide bonds. The molecule has 70 valence electrons. The van der Waals surface area contributed by atoms with Crippen LogP contribution in [0, 0.1) is 11.8 Å². The molecule has 3 atom stereocenters. The van der Waals surface area contributed by atoms with Crippen LogP contribution in [-0.4, -0.2) is 19.0 Å². The predicted octanol–water partition coefficient (Wildman–Crippen LogP) is 2.19. The van der Waals surface area contributed by atoms with Gasteiger partial charge in [-0.15, -0.1) is 0 Å². The van der Waals surface area contributed by atoms with Gasteiger partial charge in [0.25, 0.3) is 0 Å². The van der Waals surface area contributed by atoms with E-state index in [9.17, 15) is 0 Å². The fourth-order valence-corrected chi connectivity index (χ4v) is 2.52. The van der Waals surface area contributed by atoms with Crippen molar-refractivity contribution in [3.63, 3.8) is 0 Å². The molecule has 2 nitrogen and oxygen atoms in total. The third-order valence-electron chi connectivity index (χ3n) is 3.36. The van der Waals surface area contributed by atoms with Gasteiger partial charge in [-0.2, -0.15) is 0 Å². The lowest BCUT2D eigenvalue weighted by molar-refractivity contribution is -0.274. The zero-order valence-corrected chi connectivity index (χ0v) is 8.01. The molecule has 2 heterocycles. The lowest BCUT2D eigenvalue weighted by Crippen LogP contribution is -2.46. The van der Waals surface area contributed by atoms with Crippen molar-refractivity contribution in [3.8, 4) is 0 Å². The van der Waals surface area contributed by atoms with Crippen molar-refractivity contribution in [1.29, 1.82) is 0 Å². The van der Waals surface area contributed by atoms with Crippen molar-refractivity contribution in [3.05, 3.63) is 0 Å². The second-order valence-electron chi connectivity index (χ2n) is 4.15. The molecule has 0 bridgehead atoms. The Morgan fingerprint density at radius 3 is 2.25 bits per heavy atom. The van der Waals surface area contributed by atoms with Crippen LogP contribution in [0.15, 0.2) is 0 Å². The molecule has 2 aliphatic rings. The SMILES string of the molecule is C[C@H]1CCCOC12OCC[C@@H]2C. The van der Waals surface area contributed by atoms with Crippen molar-refractivity contribution in [2.75, 3.05) is 13.2 Å². The van der Waals surface area contributed by atoms with Gasteiger partial charge in [0.2, 0.25) is 0 Å². The predicted molar refractivity (Wildman–Crippen MR) is 46.8 cm³/mol. The minimum atomic E-state index is -0.210. The van der Waals surface area contributed by atoms with Gasteiger partial charge < -0.3 is 9.47 Å². The van der Waals surface area contributed by atoms with Crippen molar-refractivity contribution < 1.29 is 9.47 Å². The highest BCUT2D eigenvalue weighted by molar-refractivity contribution is 4.88. The molecule has 2 fully saturated rings. The topological polar surface area (TPSA) is 18.5 Å². The van der Waals surface area contributed by atoms with Crippen molar-refractivity contribution in [2.24, 2.45) is 11.8 Å². The molecule has 1 unspecified atom stereocenters. The van der Waals surface area contributed by atoms with E-state index < -0.39 is 0 Å². The van der Waals surface area contributed by atoms with Gasteiger partial charge >= 0.3 is 0 Å². The fraction of sp³-hybridized carbons (Fsp3) is 1.00. The summed E-state index contributed by atoms with van der Waals surface area (Å²) in [5.41, 5.74) is 0. The van der Waals surface area contributed by atoms with E-state index in [1.165, 1.54) is 12.8 Å². The van der Waals surface area contributed by atoms with E-state index >= 15 is 0 Å². The van der Waals surface area contributed by atoms with E-state index in [1.807, 2.05) is 0 Å². The van der Waals surface area contributed by atoms with Gasteiger partial charge in [-0.05, 0) is 19.3 Å². The Bertz CT molecular complexity index is 169. The molecule has 0 aromatic carbocycles. The standard InChI is InChI=1S/C10H18O2/c1-8-4-3-6-11-10(8)9(2)5-7-12-10/h8-9H,3-7H2,1-2H3/t8-,9-,10?/m0/s1. The summed E-state index contributed by atoms with van der Waals surface area (Å²) in [6.07, 6.45) is 3.60. The van der Waals surface area contributed by atoms with Gasteiger partial charge in [0.05, 0.1) is 13.2 Å². The molecule has 0 aromatic rings. The van der Waals surface area contributed by atoms with Gasteiger partial charge in [-0.1, -0.05) is 13.8 Å². The molecule has 0 aliphatic carbocycles. The third-order valence-corrected chi connectivity index (χ3v) is 3.36. The summed E-state index contributed by atoms with van der Waals surface area (Å²) < 4.78 is 11.6. The van der Waals surface area contributed by atoms with Crippen LogP contribution in [0.25, 0.3) is 0 Å². The normalized spacial score (nSPS) is 48.5. The first-order valence-electron chi connectivity index (χ1n) is 5.03. The Kier molecular flexibility index (Phi) is 2.13. The maximum atomic E-state index is 5.83. The zero-order valence-electron chi connectivity index (χ0n) is 8.01. The van der Waals surface area contributed by atoms with Crippen LogP contribution >= 0.6 is 0 Å². The maximum Gasteiger partial charge on any atom is 0.173 e. The van der Waals surface area contributed by atoms with Gasteiger partial charge in [0, 0.05) is 11.8 Å². The molecule has 2 heteroatoms. The largest absolute Gasteiger partial charge is 0.349 e. The van der Waals surface area contributed by atoms with Crippen LogP contribution in [0.1, 0.15) is 33.1 Å². The molecule has 2 aliphatic heterocycles. The Hall–Kier alpha value is -0.0800. The first-order chi connectivity index (χ1) is 5.76. The molecule has 0 N–H and O–H groups in total. The summed E-state index contributed by atoms with van der Waals surface area (Å²) >= 11 is 0. The fourth-order valence-electron chi connectivity index (χ4n) is 2.52. The highest BCUT2D eigenvalue weighted by Gasteiger charge is 2.48. The maximum absolute atomic E-state index is 5.83. The average Bonchev–Trinajstić information content (AvgIpc) is 2.41. The first kappa shape index (κ1) is 8.52. The Morgan fingerprint density at radius 1 is 1.00 bits per heavy atom. The lowest BCUT2D eigenvalue weighted by atomic mass is 9.84. The second-order valence-corrected chi connectivity index (χ2v) is 4.15. The first-order valence-corrected chi connectivity index (χ1v) is 5.03.